The maximum absolute atomic E-state index is 12.3. The van der Waals surface area contributed by atoms with Crippen molar-refractivity contribution in [1.82, 2.24) is 15.4 Å². The lowest BCUT2D eigenvalue weighted by Crippen LogP contribution is -2.45. The molecule has 0 amide bonds. The SMILES string of the molecule is CC[C@@H]1CN(Cc2cc([C@H](CC(=O)O)c3ccc4c(c3C)NNN4CC(C)(C)O)cc3ccsc23)Cc2[nH]c(=O)ccc2O1. The number of aliphatic carboxylic acids is 1. The van der Waals surface area contributed by atoms with E-state index in [2.05, 4.69) is 51.3 Å². The minimum Gasteiger partial charge on any atom is -0.487 e. The second-order valence-electron chi connectivity index (χ2n) is 12.5. The second-order valence-corrected chi connectivity index (χ2v) is 13.4. The van der Waals surface area contributed by atoms with Crippen LogP contribution >= 0.6 is 11.3 Å². The van der Waals surface area contributed by atoms with Gasteiger partial charge in [0.25, 0.3) is 0 Å². The van der Waals surface area contributed by atoms with E-state index < -0.39 is 11.6 Å². The van der Waals surface area contributed by atoms with E-state index in [1.807, 2.05) is 24.1 Å². The number of aromatic nitrogens is 1. The van der Waals surface area contributed by atoms with Crippen LogP contribution in [0, 0.1) is 6.92 Å². The van der Waals surface area contributed by atoms with Crippen LogP contribution in [0.3, 0.4) is 0 Å². The zero-order chi connectivity index (χ0) is 31.2. The van der Waals surface area contributed by atoms with Crippen LogP contribution in [-0.4, -0.2) is 50.9 Å². The zero-order valence-corrected chi connectivity index (χ0v) is 26.3. The van der Waals surface area contributed by atoms with Gasteiger partial charge in [-0.3, -0.25) is 19.5 Å². The number of hydrazine groups is 2. The van der Waals surface area contributed by atoms with Crippen LogP contribution in [0.25, 0.3) is 10.1 Å². The number of rotatable bonds is 9. The molecule has 2 aromatic carbocycles. The molecule has 232 valence electrons. The molecule has 0 saturated heterocycles. The number of thiophene rings is 1. The summed E-state index contributed by atoms with van der Waals surface area (Å²) in [4.78, 5) is 29.7. The number of H-pyrrole nitrogens is 1. The monoisotopic (exact) mass is 617 g/mol. The van der Waals surface area contributed by atoms with Crippen molar-refractivity contribution in [3.63, 3.8) is 0 Å². The normalized spacial score (nSPS) is 17.5. The number of β-amino-alcohol motifs (C(OH)–C–C–N with tert-alkyl or cyclic N) is 1. The largest absolute Gasteiger partial charge is 0.487 e. The lowest BCUT2D eigenvalue weighted by molar-refractivity contribution is -0.137. The van der Waals surface area contributed by atoms with Crippen molar-refractivity contribution < 1.29 is 19.7 Å². The molecule has 6 rings (SSSR count). The second kappa shape index (κ2) is 11.9. The van der Waals surface area contributed by atoms with Gasteiger partial charge < -0.3 is 25.4 Å². The van der Waals surface area contributed by atoms with Crippen molar-refractivity contribution in [2.75, 3.05) is 23.5 Å². The number of ether oxygens (including phenoxy) is 1. The highest BCUT2D eigenvalue weighted by Crippen LogP contribution is 2.42. The van der Waals surface area contributed by atoms with E-state index in [1.54, 1.807) is 31.3 Å². The van der Waals surface area contributed by atoms with Crippen molar-refractivity contribution >= 4 is 38.8 Å². The molecule has 44 heavy (non-hydrogen) atoms. The Morgan fingerprint density at radius 3 is 2.77 bits per heavy atom. The van der Waals surface area contributed by atoms with Gasteiger partial charge in [-0.1, -0.05) is 19.1 Å². The first-order chi connectivity index (χ1) is 21.0. The van der Waals surface area contributed by atoms with Gasteiger partial charge in [0.2, 0.25) is 5.56 Å². The standard InChI is InChI=1S/C33H39N5O5S/c1-5-23-16-37(17-26-28(43-23)8-9-29(39)34-26)15-22-13-21(12-20-10-11-44-32(20)22)25(14-30(40)41)24-6-7-27-31(19(24)2)35-36-38(27)18-33(3,4)42/h6-13,23,25,35-36,42H,5,14-18H2,1-4H3,(H,34,39)(H,40,41)/t23-,25+/m1/s1. The van der Waals surface area contributed by atoms with E-state index in [4.69, 9.17) is 4.74 Å². The summed E-state index contributed by atoms with van der Waals surface area (Å²) in [5.74, 6) is -0.529. The van der Waals surface area contributed by atoms with Crippen LogP contribution in [0.1, 0.15) is 67.5 Å². The van der Waals surface area contributed by atoms with Crippen molar-refractivity contribution in [3.05, 3.63) is 86.1 Å². The molecule has 0 saturated carbocycles. The molecule has 4 heterocycles. The van der Waals surface area contributed by atoms with Gasteiger partial charge in [0.15, 0.2) is 0 Å². The summed E-state index contributed by atoms with van der Waals surface area (Å²) in [6.07, 6.45) is 0.757. The first kappa shape index (κ1) is 30.1. The number of aromatic amines is 1. The van der Waals surface area contributed by atoms with Gasteiger partial charge in [-0.05, 0) is 84.5 Å². The molecule has 5 N–H and O–H groups in total. The van der Waals surface area contributed by atoms with E-state index in [0.29, 0.717) is 31.9 Å². The minimum atomic E-state index is -0.908. The molecule has 0 radical (unpaired) electrons. The third kappa shape index (κ3) is 6.18. The molecular formula is C33H39N5O5S. The minimum absolute atomic E-state index is 0.0185. The molecule has 0 spiro atoms. The number of carbonyl (C=O) groups is 1. The van der Waals surface area contributed by atoms with Crippen molar-refractivity contribution in [2.24, 2.45) is 0 Å². The maximum Gasteiger partial charge on any atom is 0.304 e. The van der Waals surface area contributed by atoms with Gasteiger partial charge in [0.1, 0.15) is 11.9 Å². The summed E-state index contributed by atoms with van der Waals surface area (Å²) in [5, 5.41) is 25.5. The zero-order valence-electron chi connectivity index (χ0n) is 25.4. The summed E-state index contributed by atoms with van der Waals surface area (Å²) >= 11 is 1.68. The van der Waals surface area contributed by atoms with Gasteiger partial charge >= 0.3 is 5.97 Å². The number of carboxylic acid groups (broad SMARTS) is 1. The number of aliphatic hydroxyl groups is 1. The van der Waals surface area contributed by atoms with E-state index >= 15 is 0 Å². The molecule has 2 aliphatic heterocycles. The van der Waals surface area contributed by atoms with Gasteiger partial charge in [-0.15, -0.1) is 16.9 Å². The number of pyridine rings is 1. The van der Waals surface area contributed by atoms with Gasteiger partial charge in [-0.2, -0.15) is 0 Å². The third-order valence-corrected chi connectivity index (χ3v) is 9.39. The Kier molecular flexibility index (Phi) is 8.14. The van der Waals surface area contributed by atoms with Crippen LogP contribution in [0.2, 0.25) is 0 Å². The molecule has 0 bridgehead atoms. The number of nitrogens with one attached hydrogen (secondary N) is 3. The van der Waals surface area contributed by atoms with Gasteiger partial charge in [-0.25, -0.2) is 0 Å². The molecule has 2 atom stereocenters. The van der Waals surface area contributed by atoms with Crippen molar-refractivity contribution in [2.45, 2.75) is 71.2 Å². The Bertz CT molecular complexity index is 1760. The smallest absolute Gasteiger partial charge is 0.304 e. The van der Waals surface area contributed by atoms with Crippen molar-refractivity contribution in [1.29, 1.82) is 0 Å². The fraction of sp³-hybridized carbons (Fsp3) is 0.394. The van der Waals surface area contributed by atoms with Gasteiger partial charge in [0.05, 0.1) is 35.6 Å². The van der Waals surface area contributed by atoms with Crippen LogP contribution < -0.4 is 26.3 Å². The predicted molar refractivity (Wildman–Crippen MR) is 173 cm³/mol. The van der Waals surface area contributed by atoms with Crippen LogP contribution in [0.5, 0.6) is 5.75 Å². The highest BCUT2D eigenvalue weighted by Gasteiger charge is 2.30. The maximum atomic E-state index is 12.3. The number of hydrogen-bond donors (Lipinski definition) is 5. The van der Waals surface area contributed by atoms with Crippen LogP contribution in [0.4, 0.5) is 11.4 Å². The van der Waals surface area contributed by atoms with Crippen LogP contribution in [0.15, 0.2) is 52.6 Å². The number of benzene rings is 2. The van der Waals surface area contributed by atoms with E-state index in [0.717, 1.165) is 51.1 Å². The topological polar surface area (TPSA) is 130 Å². The molecule has 10 nitrogen and oxygen atoms in total. The highest BCUT2D eigenvalue weighted by molar-refractivity contribution is 7.17. The summed E-state index contributed by atoms with van der Waals surface area (Å²) < 4.78 is 7.41. The average molecular weight is 618 g/mol. The molecule has 11 heteroatoms. The van der Waals surface area contributed by atoms with E-state index in [1.165, 1.54) is 10.8 Å². The first-order valence-electron chi connectivity index (χ1n) is 15.0. The number of anilines is 2. The quantitative estimate of drug-likeness (QED) is 0.174. The lowest BCUT2D eigenvalue weighted by atomic mass is 9.84. The predicted octanol–water partition coefficient (Wildman–Crippen LogP) is 5.10. The number of hydrogen-bond acceptors (Lipinski definition) is 9. The molecular weight excluding hydrogens is 578 g/mol. The van der Waals surface area contributed by atoms with E-state index in [-0.39, 0.29) is 24.0 Å². The van der Waals surface area contributed by atoms with E-state index in [9.17, 15) is 19.8 Å². The molecule has 0 fully saturated rings. The molecule has 0 aliphatic carbocycles. The Hall–Kier alpha value is -3.90. The average Bonchev–Trinajstić information content (AvgIpc) is 3.55. The Morgan fingerprint density at radius 1 is 1.20 bits per heavy atom. The number of fused-ring (bicyclic) bond motifs is 3. The fourth-order valence-electron chi connectivity index (χ4n) is 6.35. The Morgan fingerprint density at radius 2 is 2.02 bits per heavy atom. The third-order valence-electron chi connectivity index (χ3n) is 8.39. The van der Waals surface area contributed by atoms with Gasteiger partial charge in [0, 0.05) is 36.3 Å². The summed E-state index contributed by atoms with van der Waals surface area (Å²) in [5.41, 5.74) is 11.8. The number of carboxylic acids is 1. The summed E-state index contributed by atoms with van der Waals surface area (Å²) in [6.45, 7) is 9.87. The first-order valence-corrected chi connectivity index (χ1v) is 15.8. The van der Waals surface area contributed by atoms with Crippen LogP contribution in [-0.2, 0) is 17.9 Å². The Balaban J connectivity index is 1.38. The van der Waals surface area contributed by atoms with Crippen molar-refractivity contribution in [3.8, 4) is 5.75 Å². The Labute approximate surface area is 260 Å². The fourth-order valence-corrected chi connectivity index (χ4v) is 7.24. The molecule has 0 unspecified atom stereocenters. The summed E-state index contributed by atoms with van der Waals surface area (Å²) in [6, 6.07) is 13.6. The molecule has 2 aliphatic rings. The number of nitrogens with zero attached hydrogens (tertiary/aromatic N) is 2. The lowest BCUT2D eigenvalue weighted by Gasteiger charge is -2.27. The molecule has 4 aromatic rings. The molecule has 2 aromatic heterocycles. The highest BCUT2D eigenvalue weighted by atomic mass is 32.1. The summed E-state index contributed by atoms with van der Waals surface area (Å²) in [7, 11) is 0.